The summed E-state index contributed by atoms with van der Waals surface area (Å²) in [6.07, 6.45) is 0.297. The maximum Gasteiger partial charge on any atom is 0.344 e. The first-order valence-corrected chi connectivity index (χ1v) is 9.97. The summed E-state index contributed by atoms with van der Waals surface area (Å²) in [5, 5.41) is 13.2. The van der Waals surface area contributed by atoms with Gasteiger partial charge < -0.3 is 19.1 Å². The quantitative estimate of drug-likeness (QED) is 0.415. The fraction of sp³-hybridized carbons (Fsp3) is 0.208. The van der Waals surface area contributed by atoms with E-state index >= 15 is 0 Å². The zero-order valence-electron chi connectivity index (χ0n) is 18.3. The summed E-state index contributed by atoms with van der Waals surface area (Å²) in [5.41, 5.74) is 6.43. The Morgan fingerprint density at radius 2 is 1.78 bits per heavy atom. The lowest BCUT2D eigenvalue weighted by atomic mass is 10.2. The number of carboxylic acid groups (broad SMARTS) is 1. The van der Waals surface area contributed by atoms with Gasteiger partial charge >= 0.3 is 5.97 Å². The molecule has 1 amide bonds. The predicted octanol–water partition coefficient (Wildman–Crippen LogP) is 3.72. The van der Waals surface area contributed by atoms with Gasteiger partial charge in [0.25, 0.3) is 5.91 Å². The van der Waals surface area contributed by atoms with Gasteiger partial charge in [0.1, 0.15) is 0 Å². The van der Waals surface area contributed by atoms with Crippen molar-refractivity contribution < 1.29 is 24.2 Å². The fourth-order valence-electron chi connectivity index (χ4n) is 3.24. The molecule has 166 valence electrons. The first kappa shape index (κ1) is 22.6. The predicted molar refractivity (Wildman–Crippen MR) is 121 cm³/mol. The van der Waals surface area contributed by atoms with Crippen LogP contribution in [-0.2, 0) is 4.79 Å². The Labute approximate surface area is 186 Å². The molecule has 2 aromatic carbocycles. The maximum atomic E-state index is 12.6. The van der Waals surface area contributed by atoms with E-state index in [0.29, 0.717) is 16.9 Å². The highest BCUT2D eigenvalue weighted by Crippen LogP contribution is 2.31. The number of carbonyl (C=O) groups is 2. The summed E-state index contributed by atoms with van der Waals surface area (Å²) in [6.45, 7) is 5.42. The van der Waals surface area contributed by atoms with Gasteiger partial charge in [-0.05, 0) is 63.2 Å². The third kappa shape index (κ3) is 4.97. The van der Waals surface area contributed by atoms with Gasteiger partial charge in [0.15, 0.2) is 17.6 Å². The number of benzene rings is 2. The van der Waals surface area contributed by atoms with E-state index in [1.165, 1.54) is 20.2 Å². The molecule has 2 N–H and O–H groups in total. The van der Waals surface area contributed by atoms with Crippen LogP contribution in [0.25, 0.3) is 5.69 Å². The Balaban J connectivity index is 1.79. The summed E-state index contributed by atoms with van der Waals surface area (Å²) < 4.78 is 12.8. The molecule has 0 unspecified atom stereocenters. The van der Waals surface area contributed by atoms with Crippen molar-refractivity contribution in [3.63, 3.8) is 0 Å². The van der Waals surface area contributed by atoms with Crippen molar-refractivity contribution in [2.24, 2.45) is 5.10 Å². The average molecular weight is 435 g/mol. The molecule has 8 nitrogen and oxygen atoms in total. The topological polar surface area (TPSA) is 102 Å². The summed E-state index contributed by atoms with van der Waals surface area (Å²) in [6, 6.07) is 16.3. The monoisotopic (exact) mass is 435 g/mol. The summed E-state index contributed by atoms with van der Waals surface area (Å²) in [5.74, 6) is -0.906. The molecule has 3 aromatic rings. The van der Waals surface area contributed by atoms with Crippen LogP contribution in [0.4, 0.5) is 0 Å². The highest BCUT2D eigenvalue weighted by Gasteiger charge is 2.18. The van der Waals surface area contributed by atoms with Gasteiger partial charge in [-0.2, -0.15) is 5.10 Å². The number of nitrogens with one attached hydrogen (secondary N) is 1. The summed E-state index contributed by atoms with van der Waals surface area (Å²) in [4.78, 5) is 23.8. The molecule has 1 aromatic heterocycles. The average Bonchev–Trinajstić information content (AvgIpc) is 3.12. The lowest BCUT2D eigenvalue weighted by molar-refractivity contribution is -0.144. The minimum absolute atomic E-state index is 0.225. The van der Waals surface area contributed by atoms with Crippen molar-refractivity contribution in [2.45, 2.75) is 26.9 Å². The number of ether oxygens (including phenoxy) is 2. The van der Waals surface area contributed by atoms with E-state index in [4.69, 9.17) is 14.6 Å². The van der Waals surface area contributed by atoms with E-state index in [1.807, 2.05) is 38.1 Å². The van der Waals surface area contributed by atoms with E-state index in [2.05, 4.69) is 15.1 Å². The van der Waals surface area contributed by atoms with Crippen molar-refractivity contribution >= 4 is 18.1 Å². The summed E-state index contributed by atoms with van der Waals surface area (Å²) >= 11 is 0. The van der Waals surface area contributed by atoms with E-state index in [9.17, 15) is 9.59 Å². The molecule has 0 aliphatic carbocycles. The van der Waals surface area contributed by atoms with Crippen LogP contribution in [0.1, 0.15) is 34.2 Å². The molecule has 8 heteroatoms. The normalized spacial score (nSPS) is 11.9. The molecule has 0 aliphatic heterocycles. The Kier molecular flexibility index (Phi) is 6.94. The van der Waals surface area contributed by atoms with Gasteiger partial charge in [0.2, 0.25) is 0 Å². The minimum atomic E-state index is -1.11. The number of amides is 1. The van der Waals surface area contributed by atoms with Crippen LogP contribution in [0.2, 0.25) is 0 Å². The van der Waals surface area contributed by atoms with Crippen molar-refractivity contribution in [3.8, 4) is 17.2 Å². The van der Waals surface area contributed by atoms with Gasteiger partial charge in [-0.25, -0.2) is 10.2 Å². The molecule has 0 saturated carbocycles. The first-order valence-electron chi connectivity index (χ1n) is 9.97. The van der Waals surface area contributed by atoms with Crippen molar-refractivity contribution in [3.05, 3.63) is 77.1 Å². The van der Waals surface area contributed by atoms with E-state index in [-0.39, 0.29) is 11.7 Å². The largest absolute Gasteiger partial charge is 0.493 e. The Hall–Kier alpha value is -4.07. The zero-order chi connectivity index (χ0) is 23.3. The Bertz CT molecular complexity index is 1150. The van der Waals surface area contributed by atoms with Crippen LogP contribution >= 0.6 is 0 Å². The van der Waals surface area contributed by atoms with E-state index < -0.39 is 12.1 Å². The molecular weight excluding hydrogens is 410 g/mol. The second-order valence-electron chi connectivity index (χ2n) is 7.18. The number of carbonyl (C=O) groups excluding carboxylic acids is 1. The van der Waals surface area contributed by atoms with Gasteiger partial charge in [-0.15, -0.1) is 0 Å². The minimum Gasteiger partial charge on any atom is -0.493 e. The fourth-order valence-corrected chi connectivity index (χ4v) is 3.24. The van der Waals surface area contributed by atoms with Crippen LogP contribution in [0.3, 0.4) is 0 Å². The maximum absolute atomic E-state index is 12.6. The molecule has 0 bridgehead atoms. The van der Waals surface area contributed by atoms with Crippen molar-refractivity contribution in [2.75, 3.05) is 7.11 Å². The number of carboxylic acids is 1. The number of rotatable bonds is 8. The molecule has 1 atom stereocenters. The van der Waals surface area contributed by atoms with Crippen molar-refractivity contribution in [1.29, 1.82) is 0 Å². The highest BCUT2D eigenvalue weighted by molar-refractivity contribution is 5.95. The molecule has 3 rings (SSSR count). The highest BCUT2D eigenvalue weighted by atomic mass is 16.5. The van der Waals surface area contributed by atoms with Gasteiger partial charge in [-0.3, -0.25) is 4.79 Å². The first-order chi connectivity index (χ1) is 15.3. The molecular formula is C24H25N3O5. The lowest BCUT2D eigenvalue weighted by Crippen LogP contribution is -2.24. The van der Waals surface area contributed by atoms with E-state index in [1.54, 1.807) is 30.3 Å². The van der Waals surface area contributed by atoms with E-state index in [0.717, 1.165) is 17.1 Å². The van der Waals surface area contributed by atoms with Gasteiger partial charge in [-0.1, -0.05) is 12.1 Å². The zero-order valence-corrected chi connectivity index (χ0v) is 18.3. The van der Waals surface area contributed by atoms with Crippen LogP contribution in [0.15, 0.2) is 59.7 Å². The van der Waals surface area contributed by atoms with Crippen LogP contribution in [-0.4, -0.2) is 41.0 Å². The third-order valence-electron chi connectivity index (χ3n) is 4.88. The Morgan fingerprint density at radius 1 is 1.09 bits per heavy atom. The molecule has 0 fully saturated rings. The molecule has 32 heavy (non-hydrogen) atoms. The van der Waals surface area contributed by atoms with Crippen molar-refractivity contribution in [1.82, 2.24) is 9.99 Å². The standard InChI is InChI=1S/C24H25N3O5/c1-15-11-12-16(2)27(15)20-9-5-7-18(13-20)23(28)26-25-14-19-8-6-10-21(31-4)22(19)32-17(3)24(29)30/h5-14,17H,1-4H3,(H,26,28)(H,29,30)/b25-14-/t17-/m0/s1. The number of aromatic nitrogens is 1. The van der Waals surface area contributed by atoms with Gasteiger partial charge in [0, 0.05) is 28.2 Å². The smallest absolute Gasteiger partial charge is 0.344 e. The van der Waals surface area contributed by atoms with Crippen LogP contribution in [0, 0.1) is 13.8 Å². The molecule has 0 radical (unpaired) electrons. The lowest BCUT2D eigenvalue weighted by Gasteiger charge is -2.15. The third-order valence-corrected chi connectivity index (χ3v) is 4.88. The number of aryl methyl sites for hydroxylation is 2. The number of para-hydroxylation sites is 1. The molecule has 0 aliphatic rings. The second kappa shape index (κ2) is 9.82. The molecule has 0 spiro atoms. The second-order valence-corrected chi connectivity index (χ2v) is 7.18. The Morgan fingerprint density at radius 3 is 2.44 bits per heavy atom. The number of hydrazone groups is 1. The van der Waals surface area contributed by atoms with Crippen LogP contribution < -0.4 is 14.9 Å². The number of hydrogen-bond donors (Lipinski definition) is 2. The van der Waals surface area contributed by atoms with Gasteiger partial charge in [0.05, 0.1) is 13.3 Å². The molecule has 0 saturated heterocycles. The van der Waals surface area contributed by atoms with Crippen LogP contribution in [0.5, 0.6) is 11.5 Å². The molecule has 1 heterocycles. The SMILES string of the molecule is COc1cccc(/C=N\NC(=O)c2cccc(-n3c(C)ccc3C)c2)c1O[C@@H](C)C(=O)O. The number of aliphatic carboxylic acids is 1. The number of hydrogen-bond acceptors (Lipinski definition) is 5. The number of methoxy groups -OCH3 is 1. The number of nitrogens with zero attached hydrogens (tertiary/aromatic N) is 2. The summed E-state index contributed by atoms with van der Waals surface area (Å²) in [7, 11) is 1.46.